The molecule has 28 heavy (non-hydrogen) atoms. The van der Waals surface area contributed by atoms with Crippen molar-refractivity contribution in [1.82, 2.24) is 20.0 Å². The molecule has 1 atom stereocenters. The molecular weight excluding hydrogens is 358 g/mol. The Kier molecular flexibility index (Phi) is 6.30. The lowest BCUT2D eigenvalue weighted by atomic mass is 9.97. The molecule has 1 aromatic heterocycles. The Morgan fingerprint density at radius 3 is 2.93 bits per heavy atom. The molecule has 2 heterocycles. The standard InChI is InChI=1S/C20H27N5O3/c1-14-5-6-18(28-2)17(12-14)25-11-7-16(23-25)20(27)24-10-3-4-15(13-24)19(26)22-9-8-21/h5-7,11-12,15H,3-4,8-10,13,21H2,1-2H3,(H,22,26). The number of ether oxygens (including phenoxy) is 1. The Hall–Kier alpha value is -2.87. The van der Waals surface area contributed by atoms with E-state index < -0.39 is 0 Å². The van der Waals surface area contributed by atoms with Gasteiger partial charge >= 0.3 is 0 Å². The Balaban J connectivity index is 1.74. The number of benzene rings is 1. The lowest BCUT2D eigenvalue weighted by Gasteiger charge is -2.31. The topological polar surface area (TPSA) is 102 Å². The van der Waals surface area contributed by atoms with Gasteiger partial charge in [-0.3, -0.25) is 9.59 Å². The zero-order valence-electron chi connectivity index (χ0n) is 16.4. The number of hydrogen-bond acceptors (Lipinski definition) is 5. The number of hydrogen-bond donors (Lipinski definition) is 2. The molecule has 1 aliphatic rings. The van der Waals surface area contributed by atoms with Gasteiger partial charge in [0, 0.05) is 32.4 Å². The number of likely N-dealkylation sites (tertiary alicyclic amines) is 1. The van der Waals surface area contributed by atoms with Crippen LogP contribution in [0.25, 0.3) is 5.69 Å². The van der Waals surface area contributed by atoms with E-state index in [1.54, 1.807) is 29.0 Å². The average molecular weight is 385 g/mol. The maximum Gasteiger partial charge on any atom is 0.274 e. The summed E-state index contributed by atoms with van der Waals surface area (Å²) in [6.07, 6.45) is 3.31. The largest absolute Gasteiger partial charge is 0.494 e. The average Bonchev–Trinajstić information content (AvgIpc) is 3.21. The number of amides is 2. The van der Waals surface area contributed by atoms with Crippen molar-refractivity contribution in [2.75, 3.05) is 33.3 Å². The third-order valence-electron chi connectivity index (χ3n) is 4.91. The fraction of sp³-hybridized carbons (Fsp3) is 0.450. The maximum absolute atomic E-state index is 12.9. The highest BCUT2D eigenvalue weighted by Crippen LogP contribution is 2.24. The van der Waals surface area contributed by atoms with Gasteiger partial charge in [-0.1, -0.05) is 6.07 Å². The lowest BCUT2D eigenvalue weighted by Crippen LogP contribution is -2.46. The Morgan fingerprint density at radius 2 is 2.18 bits per heavy atom. The number of carbonyl (C=O) groups excluding carboxylic acids is 2. The smallest absolute Gasteiger partial charge is 0.274 e. The first-order valence-electron chi connectivity index (χ1n) is 9.51. The molecular formula is C20H27N5O3. The van der Waals surface area contributed by atoms with Crippen LogP contribution >= 0.6 is 0 Å². The van der Waals surface area contributed by atoms with E-state index in [-0.39, 0.29) is 17.7 Å². The van der Waals surface area contributed by atoms with Crippen molar-refractivity contribution in [3.63, 3.8) is 0 Å². The minimum absolute atomic E-state index is 0.0435. The summed E-state index contributed by atoms with van der Waals surface area (Å²) in [6.45, 7) is 3.87. The van der Waals surface area contributed by atoms with Crippen LogP contribution in [0.1, 0.15) is 28.9 Å². The summed E-state index contributed by atoms with van der Waals surface area (Å²) in [5.74, 6) is 0.269. The van der Waals surface area contributed by atoms with Crippen LogP contribution in [0.15, 0.2) is 30.5 Å². The van der Waals surface area contributed by atoms with Crippen LogP contribution < -0.4 is 15.8 Å². The van der Waals surface area contributed by atoms with E-state index in [9.17, 15) is 9.59 Å². The Labute approximate surface area is 164 Å². The van der Waals surface area contributed by atoms with Gasteiger partial charge in [0.1, 0.15) is 11.4 Å². The van der Waals surface area contributed by atoms with Crippen molar-refractivity contribution < 1.29 is 14.3 Å². The second-order valence-electron chi connectivity index (χ2n) is 6.99. The molecule has 3 rings (SSSR count). The zero-order chi connectivity index (χ0) is 20.1. The molecule has 1 fully saturated rings. The Morgan fingerprint density at radius 1 is 1.36 bits per heavy atom. The summed E-state index contributed by atoms with van der Waals surface area (Å²) in [4.78, 5) is 26.8. The first kappa shape index (κ1) is 19.9. The van der Waals surface area contributed by atoms with Crippen molar-refractivity contribution in [3.05, 3.63) is 41.7 Å². The fourth-order valence-corrected chi connectivity index (χ4v) is 3.43. The first-order chi connectivity index (χ1) is 13.5. The van der Waals surface area contributed by atoms with Crippen molar-refractivity contribution >= 4 is 11.8 Å². The molecule has 2 aromatic rings. The highest BCUT2D eigenvalue weighted by atomic mass is 16.5. The number of aryl methyl sites for hydroxylation is 1. The second-order valence-corrected chi connectivity index (χ2v) is 6.99. The van der Waals surface area contributed by atoms with Crippen LogP contribution in [-0.4, -0.2) is 59.8 Å². The summed E-state index contributed by atoms with van der Waals surface area (Å²) in [6, 6.07) is 7.49. The fourth-order valence-electron chi connectivity index (χ4n) is 3.43. The Bertz CT molecular complexity index is 848. The van der Waals surface area contributed by atoms with E-state index in [4.69, 9.17) is 10.5 Å². The van der Waals surface area contributed by atoms with Crippen molar-refractivity contribution in [2.24, 2.45) is 11.7 Å². The molecule has 0 spiro atoms. The van der Waals surface area contributed by atoms with E-state index in [1.165, 1.54) is 0 Å². The second kappa shape index (κ2) is 8.88. The van der Waals surface area contributed by atoms with Gasteiger partial charge in [-0.05, 0) is 43.5 Å². The molecule has 0 saturated carbocycles. The summed E-state index contributed by atoms with van der Waals surface area (Å²) in [5, 5.41) is 7.26. The SMILES string of the molecule is COc1ccc(C)cc1-n1ccc(C(=O)N2CCCC(C(=O)NCCN)C2)n1. The van der Waals surface area contributed by atoms with Crippen molar-refractivity contribution in [2.45, 2.75) is 19.8 Å². The first-order valence-corrected chi connectivity index (χ1v) is 9.51. The zero-order valence-corrected chi connectivity index (χ0v) is 16.4. The third-order valence-corrected chi connectivity index (χ3v) is 4.91. The molecule has 8 nitrogen and oxygen atoms in total. The third kappa shape index (κ3) is 4.33. The van der Waals surface area contributed by atoms with E-state index >= 15 is 0 Å². The minimum Gasteiger partial charge on any atom is -0.494 e. The molecule has 1 aromatic carbocycles. The summed E-state index contributed by atoms with van der Waals surface area (Å²) >= 11 is 0. The molecule has 3 N–H and O–H groups in total. The molecule has 0 radical (unpaired) electrons. The lowest BCUT2D eigenvalue weighted by molar-refractivity contribution is -0.126. The molecule has 1 saturated heterocycles. The number of rotatable bonds is 6. The number of methoxy groups -OCH3 is 1. The van der Waals surface area contributed by atoms with E-state index in [1.807, 2.05) is 25.1 Å². The van der Waals surface area contributed by atoms with Gasteiger partial charge in [0.15, 0.2) is 5.69 Å². The minimum atomic E-state index is -0.205. The summed E-state index contributed by atoms with van der Waals surface area (Å²) in [5.41, 5.74) is 7.64. The van der Waals surface area contributed by atoms with Crippen LogP contribution in [0.5, 0.6) is 5.75 Å². The van der Waals surface area contributed by atoms with Gasteiger partial charge in [-0.25, -0.2) is 4.68 Å². The maximum atomic E-state index is 12.9. The molecule has 8 heteroatoms. The van der Waals surface area contributed by atoms with Gasteiger partial charge < -0.3 is 20.7 Å². The molecule has 2 amide bonds. The number of piperidine rings is 1. The van der Waals surface area contributed by atoms with Crippen LogP contribution in [0, 0.1) is 12.8 Å². The van der Waals surface area contributed by atoms with Crippen molar-refractivity contribution in [1.29, 1.82) is 0 Å². The molecule has 150 valence electrons. The predicted octanol–water partition coefficient (Wildman–Crippen LogP) is 1.12. The highest BCUT2D eigenvalue weighted by Gasteiger charge is 2.29. The summed E-state index contributed by atoms with van der Waals surface area (Å²) < 4.78 is 7.05. The van der Waals surface area contributed by atoms with Gasteiger partial charge in [-0.2, -0.15) is 5.10 Å². The normalized spacial score (nSPS) is 16.7. The monoisotopic (exact) mass is 385 g/mol. The molecule has 0 aliphatic carbocycles. The van der Waals surface area contributed by atoms with Gasteiger partial charge in [-0.15, -0.1) is 0 Å². The molecule has 0 bridgehead atoms. The van der Waals surface area contributed by atoms with Crippen LogP contribution in [0.3, 0.4) is 0 Å². The quantitative estimate of drug-likeness (QED) is 0.776. The van der Waals surface area contributed by atoms with Gasteiger partial charge in [0.05, 0.1) is 13.0 Å². The van der Waals surface area contributed by atoms with Crippen molar-refractivity contribution in [3.8, 4) is 11.4 Å². The van der Waals surface area contributed by atoms with Crippen LogP contribution in [0.2, 0.25) is 0 Å². The molecule has 1 aliphatic heterocycles. The number of nitrogens with zero attached hydrogens (tertiary/aromatic N) is 3. The number of carbonyl (C=O) groups is 2. The van der Waals surface area contributed by atoms with E-state index in [2.05, 4.69) is 10.4 Å². The predicted molar refractivity (Wildman–Crippen MR) is 106 cm³/mol. The van der Waals surface area contributed by atoms with Gasteiger partial charge in [0.25, 0.3) is 5.91 Å². The van der Waals surface area contributed by atoms with Gasteiger partial charge in [0.2, 0.25) is 5.91 Å². The van der Waals surface area contributed by atoms with E-state index in [0.29, 0.717) is 37.6 Å². The molecule has 1 unspecified atom stereocenters. The number of aromatic nitrogens is 2. The van der Waals surface area contributed by atoms with Crippen LogP contribution in [0.4, 0.5) is 0 Å². The number of nitrogens with one attached hydrogen (secondary N) is 1. The van der Waals surface area contributed by atoms with Crippen LogP contribution in [-0.2, 0) is 4.79 Å². The highest BCUT2D eigenvalue weighted by molar-refractivity contribution is 5.93. The van der Waals surface area contributed by atoms with E-state index in [0.717, 1.165) is 24.1 Å². The summed E-state index contributed by atoms with van der Waals surface area (Å²) in [7, 11) is 1.60. The number of nitrogens with two attached hydrogens (primary N) is 1.